The van der Waals surface area contributed by atoms with Crippen LogP contribution in [0.3, 0.4) is 0 Å². The van der Waals surface area contributed by atoms with E-state index in [0.717, 1.165) is 4.48 Å². The predicted octanol–water partition coefficient (Wildman–Crippen LogP) is 0.0459. The second kappa shape index (κ2) is 5.00. The highest BCUT2D eigenvalue weighted by Crippen LogP contribution is 1.73. The van der Waals surface area contributed by atoms with E-state index >= 15 is 0 Å². The molecular formula is C5H13NOS. The fourth-order valence-corrected chi connectivity index (χ4v) is 0. The Kier molecular flexibility index (Phi) is 6.72. The van der Waals surface area contributed by atoms with Gasteiger partial charge >= 0.3 is 0 Å². The van der Waals surface area contributed by atoms with Crippen molar-refractivity contribution in [2.75, 3.05) is 28.2 Å². The summed E-state index contributed by atoms with van der Waals surface area (Å²) in [6.07, 6.45) is 0. The lowest BCUT2D eigenvalue weighted by Crippen LogP contribution is -2.27. The monoisotopic (exact) mass is 135 g/mol. The number of hydrogen-bond donors (Lipinski definition) is 0. The largest absolute Gasteiger partial charge is 0.746 e. The molecule has 0 amide bonds. The van der Waals surface area contributed by atoms with Gasteiger partial charge in [-0.05, 0) is 5.62 Å². The van der Waals surface area contributed by atoms with E-state index in [1.54, 1.807) is 0 Å². The third-order valence-electron chi connectivity index (χ3n) is 0. The fourth-order valence-electron chi connectivity index (χ4n) is 0. The van der Waals surface area contributed by atoms with E-state index in [9.17, 15) is 0 Å². The molecule has 0 aliphatic rings. The lowest BCUT2D eigenvalue weighted by Gasteiger charge is -2.14. The van der Waals surface area contributed by atoms with Crippen molar-refractivity contribution in [1.29, 1.82) is 0 Å². The van der Waals surface area contributed by atoms with Gasteiger partial charge in [0.05, 0.1) is 28.2 Å². The molecule has 0 atom stereocenters. The second-order valence-electron chi connectivity index (χ2n) is 2.78. The number of nitrogens with zero attached hydrogens (tertiary/aromatic N) is 1. The molecule has 50 valence electrons. The summed E-state index contributed by atoms with van der Waals surface area (Å²) in [4.78, 5) is 8.62. The molecule has 2 nitrogen and oxygen atoms in total. The summed E-state index contributed by atoms with van der Waals surface area (Å²) in [5, 5.41) is 0. The van der Waals surface area contributed by atoms with Gasteiger partial charge in [-0.3, -0.25) is 0 Å². The number of carbonyl (C=O) groups excluding carboxylic acids is 1. The number of rotatable bonds is 0. The third-order valence-corrected chi connectivity index (χ3v) is 0. The Morgan fingerprint density at radius 1 is 1.25 bits per heavy atom. The summed E-state index contributed by atoms with van der Waals surface area (Å²) in [6, 6.07) is 0. The van der Waals surface area contributed by atoms with Crippen molar-refractivity contribution in [1.82, 2.24) is 0 Å². The minimum atomic E-state index is 0.333. The Morgan fingerprint density at radius 2 is 1.25 bits per heavy atom. The molecule has 0 aromatic rings. The highest BCUT2D eigenvalue weighted by molar-refractivity contribution is 7.74. The van der Waals surface area contributed by atoms with Crippen LogP contribution in [0.2, 0.25) is 0 Å². The normalized spacial score (nSPS) is 9.00. The maximum absolute atomic E-state index is 8.62. The average molecular weight is 135 g/mol. The summed E-state index contributed by atoms with van der Waals surface area (Å²) < 4.78 is 1.00. The van der Waals surface area contributed by atoms with Gasteiger partial charge in [0, 0.05) is 0 Å². The Hall–Kier alpha value is -0.150. The van der Waals surface area contributed by atoms with Crippen LogP contribution in [-0.4, -0.2) is 38.3 Å². The molecule has 0 aromatic heterocycles. The molecule has 0 saturated heterocycles. The van der Waals surface area contributed by atoms with E-state index in [0.29, 0.717) is 5.62 Å². The van der Waals surface area contributed by atoms with Gasteiger partial charge in [-0.15, -0.1) is 0 Å². The summed E-state index contributed by atoms with van der Waals surface area (Å²) in [7, 11) is 8.50. The molecule has 0 N–H and O–H groups in total. The van der Waals surface area contributed by atoms with E-state index in [4.69, 9.17) is 4.79 Å². The van der Waals surface area contributed by atoms with Gasteiger partial charge in [0.15, 0.2) is 0 Å². The molecule has 0 aliphatic carbocycles. The van der Waals surface area contributed by atoms with Gasteiger partial charge in [0.25, 0.3) is 0 Å². The van der Waals surface area contributed by atoms with Crippen molar-refractivity contribution >= 4 is 18.2 Å². The molecule has 0 radical (unpaired) electrons. The number of hydrogen-bond acceptors (Lipinski definition) is 2. The van der Waals surface area contributed by atoms with Crippen molar-refractivity contribution < 1.29 is 9.28 Å². The molecule has 0 saturated carbocycles. The maximum atomic E-state index is 8.62. The molecule has 0 aliphatic heterocycles. The van der Waals surface area contributed by atoms with Crippen LogP contribution in [0.1, 0.15) is 0 Å². The molecular weight excluding hydrogens is 122 g/mol. The zero-order valence-electron chi connectivity index (χ0n) is 5.84. The van der Waals surface area contributed by atoms with Gasteiger partial charge < -0.3 is 21.9 Å². The Balaban J connectivity index is 0. The Morgan fingerprint density at radius 3 is 1.25 bits per heavy atom. The van der Waals surface area contributed by atoms with E-state index in [2.05, 4.69) is 40.8 Å². The summed E-state index contributed by atoms with van der Waals surface area (Å²) in [5.74, 6) is 0. The van der Waals surface area contributed by atoms with Crippen LogP contribution in [-0.2, 0) is 17.4 Å². The molecule has 0 unspecified atom stereocenters. The van der Waals surface area contributed by atoms with Gasteiger partial charge in [0.2, 0.25) is 0 Å². The van der Waals surface area contributed by atoms with Crippen molar-refractivity contribution in [3.8, 4) is 0 Å². The zero-order chi connectivity index (χ0) is 7.21. The van der Waals surface area contributed by atoms with Crippen LogP contribution in [0, 0.1) is 0 Å². The minimum absolute atomic E-state index is 0.333. The lowest BCUT2D eigenvalue weighted by atomic mass is 10.8. The third kappa shape index (κ3) is 6120. The first kappa shape index (κ1) is 10.8. The molecule has 0 aromatic carbocycles. The van der Waals surface area contributed by atoms with Crippen molar-refractivity contribution in [2.24, 2.45) is 0 Å². The standard InChI is InChI=1S/C4H12N.CH2OS/c1-5(2,3)4;2-1-3/h1-4H3;1H,(H,2,3)/q+1;/p-1. The quantitative estimate of drug-likeness (QED) is 0.265. The van der Waals surface area contributed by atoms with Crippen LogP contribution in [0.15, 0.2) is 0 Å². The first-order valence-corrected chi connectivity index (χ1v) is 2.73. The molecule has 0 bridgehead atoms. The van der Waals surface area contributed by atoms with E-state index in [-0.39, 0.29) is 0 Å². The maximum Gasteiger partial charge on any atom is 0.0675 e. The van der Waals surface area contributed by atoms with Gasteiger partial charge in [-0.25, -0.2) is 0 Å². The van der Waals surface area contributed by atoms with Crippen molar-refractivity contribution in [3.63, 3.8) is 0 Å². The molecule has 0 spiro atoms. The summed E-state index contributed by atoms with van der Waals surface area (Å²) in [5.41, 5.74) is 0.333. The minimum Gasteiger partial charge on any atom is -0.746 e. The Labute approximate surface area is 56.5 Å². The van der Waals surface area contributed by atoms with Gasteiger partial charge in [-0.1, -0.05) is 0 Å². The van der Waals surface area contributed by atoms with Crippen LogP contribution >= 0.6 is 0 Å². The second-order valence-corrected chi connectivity index (χ2v) is 2.97. The van der Waals surface area contributed by atoms with Crippen LogP contribution in [0.5, 0.6) is 0 Å². The van der Waals surface area contributed by atoms with Crippen LogP contribution < -0.4 is 0 Å². The van der Waals surface area contributed by atoms with Crippen LogP contribution in [0.25, 0.3) is 0 Å². The van der Waals surface area contributed by atoms with E-state index in [1.807, 2.05) is 0 Å². The fraction of sp³-hybridized carbons (Fsp3) is 0.800. The topological polar surface area (TPSA) is 17.1 Å². The molecule has 0 heterocycles. The van der Waals surface area contributed by atoms with E-state index < -0.39 is 0 Å². The number of carbonyl (C=O) groups is 1. The van der Waals surface area contributed by atoms with Gasteiger partial charge in [0.1, 0.15) is 0 Å². The summed E-state index contributed by atoms with van der Waals surface area (Å²) in [6.45, 7) is 0. The van der Waals surface area contributed by atoms with E-state index in [1.165, 1.54) is 0 Å². The number of quaternary nitrogens is 1. The first-order valence-electron chi connectivity index (χ1n) is 2.26. The Bertz CT molecular complexity index is 51.9. The molecule has 3 heteroatoms. The van der Waals surface area contributed by atoms with Crippen molar-refractivity contribution in [2.45, 2.75) is 0 Å². The molecule has 0 fully saturated rings. The highest BCUT2D eigenvalue weighted by atomic mass is 32.1. The summed E-state index contributed by atoms with van der Waals surface area (Å²) >= 11 is 3.71. The zero-order valence-corrected chi connectivity index (χ0v) is 6.66. The molecule has 0 rings (SSSR count). The van der Waals surface area contributed by atoms with Crippen molar-refractivity contribution in [3.05, 3.63) is 0 Å². The average Bonchev–Trinajstić information content (AvgIpc) is 1.27. The highest BCUT2D eigenvalue weighted by Gasteiger charge is 1.88. The van der Waals surface area contributed by atoms with Crippen LogP contribution in [0.4, 0.5) is 0 Å². The smallest absolute Gasteiger partial charge is 0.0675 e. The lowest BCUT2D eigenvalue weighted by molar-refractivity contribution is -0.849. The predicted molar refractivity (Wildman–Crippen MR) is 38.1 cm³/mol. The van der Waals surface area contributed by atoms with Gasteiger partial charge in [-0.2, -0.15) is 0 Å². The first-order chi connectivity index (χ1) is 3.41. The molecule has 8 heavy (non-hydrogen) atoms. The SMILES string of the molecule is C[N+](C)(C)C.O=C[S-].